The van der Waals surface area contributed by atoms with Crippen LogP contribution in [0.25, 0.3) is 0 Å². The summed E-state index contributed by atoms with van der Waals surface area (Å²) in [5.41, 5.74) is 0. The molecule has 1 rings (SSSR count). The van der Waals surface area contributed by atoms with Gasteiger partial charge in [0.1, 0.15) is 0 Å². The third-order valence-corrected chi connectivity index (χ3v) is 3.16. The van der Waals surface area contributed by atoms with Gasteiger partial charge in [-0.25, -0.2) is 18.1 Å². The van der Waals surface area contributed by atoms with E-state index in [4.69, 9.17) is 0 Å². The summed E-state index contributed by atoms with van der Waals surface area (Å²) >= 11 is 0. The molecule has 0 atom stereocenters. The van der Waals surface area contributed by atoms with Crippen molar-refractivity contribution in [2.45, 2.75) is 25.3 Å². The number of sulfonamides is 1. The molecule has 0 aliphatic carbocycles. The lowest BCUT2D eigenvalue weighted by Crippen LogP contribution is -2.25. The van der Waals surface area contributed by atoms with Crippen molar-refractivity contribution >= 4 is 10.0 Å². The van der Waals surface area contributed by atoms with E-state index in [1.54, 1.807) is 0 Å². The zero-order valence-corrected chi connectivity index (χ0v) is 9.13. The van der Waals surface area contributed by atoms with Crippen LogP contribution in [-0.4, -0.2) is 24.9 Å². The van der Waals surface area contributed by atoms with E-state index in [9.17, 15) is 8.42 Å². The average molecular weight is 217 g/mol. The molecule has 0 aromatic carbocycles. The normalized spacial score (nSPS) is 12.2. The van der Waals surface area contributed by atoms with Crippen molar-refractivity contribution in [2.75, 3.05) is 6.54 Å². The van der Waals surface area contributed by atoms with Crippen molar-refractivity contribution in [3.8, 4) is 0 Å². The van der Waals surface area contributed by atoms with E-state index in [0.717, 1.165) is 6.42 Å². The van der Waals surface area contributed by atoms with Gasteiger partial charge in [-0.05, 0) is 12.3 Å². The van der Waals surface area contributed by atoms with Gasteiger partial charge in [0.25, 0.3) is 10.0 Å². The smallest absolute Gasteiger partial charge is 0.257 e. The molecule has 0 unspecified atom stereocenters. The number of rotatable bonds is 5. The molecule has 0 saturated heterocycles. The number of imidazole rings is 1. The van der Waals surface area contributed by atoms with E-state index in [-0.39, 0.29) is 5.03 Å². The van der Waals surface area contributed by atoms with Crippen LogP contribution in [0.5, 0.6) is 0 Å². The molecule has 14 heavy (non-hydrogen) atoms. The molecule has 0 spiro atoms. The molecule has 0 bridgehead atoms. The average Bonchev–Trinajstić information content (AvgIpc) is 2.54. The summed E-state index contributed by atoms with van der Waals surface area (Å²) in [6.07, 6.45) is 3.46. The third kappa shape index (κ3) is 3.12. The van der Waals surface area contributed by atoms with Crippen LogP contribution in [0.4, 0.5) is 0 Å². The van der Waals surface area contributed by atoms with Crippen LogP contribution in [0.1, 0.15) is 20.3 Å². The summed E-state index contributed by atoms with van der Waals surface area (Å²) in [5.74, 6) is 0.486. The fraction of sp³-hybridized carbons (Fsp3) is 0.625. The maximum Gasteiger partial charge on any atom is 0.257 e. The SMILES string of the molecule is CC(C)CCNS(=O)(=O)c1cnc[nH]1. The molecule has 0 radical (unpaired) electrons. The molecule has 5 nitrogen and oxygen atoms in total. The van der Waals surface area contributed by atoms with E-state index in [2.05, 4.69) is 14.7 Å². The zero-order chi connectivity index (χ0) is 10.6. The topological polar surface area (TPSA) is 74.8 Å². The van der Waals surface area contributed by atoms with Crippen LogP contribution < -0.4 is 4.72 Å². The minimum absolute atomic E-state index is 0.112. The van der Waals surface area contributed by atoms with Crippen LogP contribution in [0.2, 0.25) is 0 Å². The summed E-state index contributed by atoms with van der Waals surface area (Å²) < 4.78 is 25.5. The van der Waals surface area contributed by atoms with Gasteiger partial charge in [-0.1, -0.05) is 13.8 Å². The van der Waals surface area contributed by atoms with Crippen molar-refractivity contribution < 1.29 is 8.42 Å². The Bertz CT molecular complexity index is 356. The quantitative estimate of drug-likeness (QED) is 0.763. The van der Waals surface area contributed by atoms with Crippen LogP contribution in [0, 0.1) is 5.92 Å². The molecule has 2 N–H and O–H groups in total. The fourth-order valence-corrected chi connectivity index (χ4v) is 1.90. The minimum atomic E-state index is -3.38. The molecule has 1 heterocycles. The summed E-state index contributed by atoms with van der Waals surface area (Å²) in [7, 11) is -3.38. The highest BCUT2D eigenvalue weighted by atomic mass is 32.2. The number of nitrogens with one attached hydrogen (secondary N) is 2. The van der Waals surface area contributed by atoms with Gasteiger partial charge < -0.3 is 4.98 Å². The first kappa shape index (κ1) is 11.2. The Labute approximate surface area is 84.0 Å². The molecule has 6 heteroatoms. The van der Waals surface area contributed by atoms with E-state index in [1.165, 1.54) is 12.5 Å². The lowest BCUT2D eigenvalue weighted by atomic mass is 10.1. The Hall–Kier alpha value is -0.880. The predicted molar refractivity (Wildman–Crippen MR) is 53.2 cm³/mol. The van der Waals surface area contributed by atoms with Gasteiger partial charge in [-0.15, -0.1) is 0 Å². The molecule has 80 valence electrons. The number of aromatic amines is 1. The monoisotopic (exact) mass is 217 g/mol. The molecule has 1 aromatic rings. The van der Waals surface area contributed by atoms with E-state index >= 15 is 0 Å². The maximum atomic E-state index is 11.5. The van der Waals surface area contributed by atoms with Crippen molar-refractivity contribution in [1.82, 2.24) is 14.7 Å². The molecule has 0 fully saturated rings. The molecule has 0 amide bonds. The third-order valence-electron chi connectivity index (χ3n) is 1.78. The van der Waals surface area contributed by atoms with Gasteiger partial charge in [0.05, 0.1) is 12.5 Å². The maximum absolute atomic E-state index is 11.5. The highest BCUT2D eigenvalue weighted by molar-refractivity contribution is 7.89. The summed E-state index contributed by atoms with van der Waals surface area (Å²) in [6.45, 7) is 4.55. The number of hydrogen-bond donors (Lipinski definition) is 2. The first-order valence-electron chi connectivity index (χ1n) is 4.50. The van der Waals surface area contributed by atoms with Crippen molar-refractivity contribution in [3.05, 3.63) is 12.5 Å². The van der Waals surface area contributed by atoms with E-state index in [1.807, 2.05) is 13.8 Å². The Morgan fingerprint density at radius 3 is 2.79 bits per heavy atom. The minimum Gasteiger partial charge on any atom is -0.335 e. The summed E-state index contributed by atoms with van der Waals surface area (Å²) in [5, 5.41) is 0.112. The number of nitrogens with zero attached hydrogens (tertiary/aromatic N) is 1. The van der Waals surface area contributed by atoms with Crippen molar-refractivity contribution in [1.29, 1.82) is 0 Å². The van der Waals surface area contributed by atoms with Crippen molar-refractivity contribution in [2.24, 2.45) is 5.92 Å². The Morgan fingerprint density at radius 1 is 1.57 bits per heavy atom. The van der Waals surface area contributed by atoms with Gasteiger partial charge in [-0.2, -0.15) is 0 Å². The highest BCUT2D eigenvalue weighted by Crippen LogP contribution is 2.03. The molecule has 0 aliphatic heterocycles. The van der Waals surface area contributed by atoms with Gasteiger partial charge in [-0.3, -0.25) is 0 Å². The lowest BCUT2D eigenvalue weighted by molar-refractivity contribution is 0.550. The predicted octanol–water partition coefficient (Wildman–Crippen LogP) is 0.734. The Kier molecular flexibility index (Phi) is 3.65. The first-order chi connectivity index (χ1) is 6.52. The molecule has 0 aliphatic rings. The van der Waals surface area contributed by atoms with E-state index in [0.29, 0.717) is 12.5 Å². The van der Waals surface area contributed by atoms with Gasteiger partial charge in [0.15, 0.2) is 5.03 Å². The van der Waals surface area contributed by atoms with Crippen LogP contribution in [0.3, 0.4) is 0 Å². The second kappa shape index (κ2) is 4.56. The molecule has 1 aromatic heterocycles. The summed E-state index contributed by atoms with van der Waals surface area (Å²) in [4.78, 5) is 6.21. The van der Waals surface area contributed by atoms with E-state index < -0.39 is 10.0 Å². The van der Waals surface area contributed by atoms with Crippen LogP contribution in [-0.2, 0) is 10.0 Å². The van der Waals surface area contributed by atoms with Gasteiger partial charge >= 0.3 is 0 Å². The lowest BCUT2D eigenvalue weighted by Gasteiger charge is -2.06. The first-order valence-corrected chi connectivity index (χ1v) is 5.98. The molecule has 0 saturated carbocycles. The number of H-pyrrole nitrogens is 1. The second-order valence-corrected chi connectivity index (χ2v) is 5.23. The second-order valence-electron chi connectivity index (χ2n) is 3.50. The van der Waals surface area contributed by atoms with Gasteiger partial charge in [0, 0.05) is 6.54 Å². The molecular formula is C8H15N3O2S. The van der Waals surface area contributed by atoms with Crippen molar-refractivity contribution in [3.63, 3.8) is 0 Å². The number of aromatic nitrogens is 2. The highest BCUT2D eigenvalue weighted by Gasteiger charge is 2.14. The fourth-order valence-electron chi connectivity index (χ4n) is 0.950. The number of hydrogen-bond acceptors (Lipinski definition) is 3. The largest absolute Gasteiger partial charge is 0.335 e. The summed E-state index contributed by atoms with van der Waals surface area (Å²) in [6, 6.07) is 0. The molecular weight excluding hydrogens is 202 g/mol. The Morgan fingerprint density at radius 2 is 2.29 bits per heavy atom. The van der Waals surface area contributed by atoms with Crippen LogP contribution >= 0.6 is 0 Å². The zero-order valence-electron chi connectivity index (χ0n) is 8.32. The standard InChI is InChI=1S/C8H15N3O2S/c1-7(2)3-4-11-14(12,13)8-5-9-6-10-8/h5-7,11H,3-4H2,1-2H3,(H,9,10). The Balaban J connectivity index is 2.52. The van der Waals surface area contributed by atoms with Gasteiger partial charge in [0.2, 0.25) is 0 Å². The van der Waals surface area contributed by atoms with Crippen LogP contribution in [0.15, 0.2) is 17.6 Å².